The van der Waals surface area contributed by atoms with Gasteiger partial charge in [-0.25, -0.2) is 0 Å². The zero-order valence-corrected chi connectivity index (χ0v) is 10.1. The first-order valence-electron chi connectivity index (χ1n) is 5.20. The van der Waals surface area contributed by atoms with E-state index in [0.29, 0.717) is 10.6 Å². The van der Waals surface area contributed by atoms with Gasteiger partial charge in [-0.15, -0.1) is 0 Å². The van der Waals surface area contributed by atoms with Crippen LogP contribution in [0.1, 0.15) is 15.9 Å². The van der Waals surface area contributed by atoms with Crippen molar-refractivity contribution in [3.8, 4) is 0 Å². The third-order valence-electron chi connectivity index (χ3n) is 2.32. The SMILES string of the molecule is Cc1ccc(NC(=O)c2[c]ccc(Cl)c2)cc1. The van der Waals surface area contributed by atoms with Crippen LogP contribution in [0.5, 0.6) is 0 Å². The van der Waals surface area contributed by atoms with Crippen LogP contribution in [0.3, 0.4) is 0 Å². The van der Waals surface area contributed by atoms with Gasteiger partial charge in [-0.3, -0.25) is 4.79 Å². The Balaban J connectivity index is 2.14. The molecule has 0 spiro atoms. The van der Waals surface area contributed by atoms with Crippen molar-refractivity contribution < 1.29 is 4.79 Å². The molecule has 1 radical (unpaired) electrons. The number of carbonyl (C=O) groups excluding carboxylic acids is 1. The van der Waals surface area contributed by atoms with E-state index < -0.39 is 0 Å². The molecule has 1 N–H and O–H groups in total. The molecule has 2 aromatic carbocycles. The number of rotatable bonds is 2. The highest BCUT2D eigenvalue weighted by molar-refractivity contribution is 6.31. The van der Waals surface area contributed by atoms with Crippen LogP contribution >= 0.6 is 11.6 Å². The number of carbonyl (C=O) groups is 1. The van der Waals surface area contributed by atoms with Crippen LogP contribution < -0.4 is 5.32 Å². The monoisotopic (exact) mass is 244 g/mol. The van der Waals surface area contributed by atoms with Gasteiger partial charge in [0.1, 0.15) is 0 Å². The van der Waals surface area contributed by atoms with Crippen LogP contribution in [0, 0.1) is 13.0 Å². The molecule has 3 heteroatoms. The molecule has 0 bridgehead atoms. The summed E-state index contributed by atoms with van der Waals surface area (Å²) in [6.45, 7) is 2.00. The van der Waals surface area contributed by atoms with Crippen LogP contribution in [-0.4, -0.2) is 5.91 Å². The zero-order chi connectivity index (χ0) is 12.3. The first-order chi connectivity index (χ1) is 8.15. The van der Waals surface area contributed by atoms with Crippen LogP contribution in [0.25, 0.3) is 0 Å². The summed E-state index contributed by atoms with van der Waals surface area (Å²) in [7, 11) is 0. The molecule has 0 atom stereocenters. The Kier molecular flexibility index (Phi) is 3.45. The van der Waals surface area contributed by atoms with E-state index in [9.17, 15) is 4.79 Å². The molecule has 0 heterocycles. The van der Waals surface area contributed by atoms with E-state index in [0.717, 1.165) is 11.3 Å². The summed E-state index contributed by atoms with van der Waals surface area (Å²) >= 11 is 5.81. The quantitative estimate of drug-likeness (QED) is 0.858. The normalized spacial score (nSPS) is 10.0. The second kappa shape index (κ2) is 5.02. The van der Waals surface area contributed by atoms with Gasteiger partial charge < -0.3 is 5.32 Å². The molecule has 0 saturated carbocycles. The van der Waals surface area contributed by atoms with Crippen molar-refractivity contribution in [2.24, 2.45) is 0 Å². The number of hydrogen-bond acceptors (Lipinski definition) is 1. The van der Waals surface area contributed by atoms with Gasteiger partial charge in [-0.1, -0.05) is 35.4 Å². The lowest BCUT2D eigenvalue weighted by molar-refractivity contribution is 0.102. The predicted octanol–water partition coefficient (Wildman–Crippen LogP) is 3.70. The Morgan fingerprint density at radius 1 is 1.24 bits per heavy atom. The highest BCUT2D eigenvalue weighted by Gasteiger charge is 2.06. The smallest absolute Gasteiger partial charge is 0.256 e. The lowest BCUT2D eigenvalue weighted by Crippen LogP contribution is -2.11. The van der Waals surface area contributed by atoms with E-state index in [1.807, 2.05) is 31.2 Å². The molecule has 0 fully saturated rings. The number of nitrogens with one attached hydrogen (secondary N) is 1. The number of hydrogen-bond donors (Lipinski definition) is 1. The lowest BCUT2D eigenvalue weighted by Gasteiger charge is -2.05. The highest BCUT2D eigenvalue weighted by atomic mass is 35.5. The topological polar surface area (TPSA) is 29.1 Å². The summed E-state index contributed by atoms with van der Waals surface area (Å²) in [5, 5.41) is 3.31. The second-order valence-corrected chi connectivity index (χ2v) is 4.18. The Hall–Kier alpha value is -1.80. The Bertz CT molecular complexity index is 534. The molecule has 85 valence electrons. The van der Waals surface area contributed by atoms with Gasteiger partial charge in [-0.2, -0.15) is 0 Å². The van der Waals surface area contributed by atoms with Crippen molar-refractivity contribution in [1.29, 1.82) is 0 Å². The summed E-state index contributed by atoms with van der Waals surface area (Å²) in [6, 6.07) is 15.3. The van der Waals surface area contributed by atoms with E-state index in [2.05, 4.69) is 11.4 Å². The van der Waals surface area contributed by atoms with Gasteiger partial charge in [0.2, 0.25) is 0 Å². The minimum atomic E-state index is -0.212. The number of anilines is 1. The molecule has 17 heavy (non-hydrogen) atoms. The first-order valence-corrected chi connectivity index (χ1v) is 5.58. The van der Waals surface area contributed by atoms with Gasteiger partial charge in [0, 0.05) is 16.3 Å². The van der Waals surface area contributed by atoms with Gasteiger partial charge in [0.15, 0.2) is 0 Å². The highest BCUT2D eigenvalue weighted by Crippen LogP contribution is 2.13. The summed E-state index contributed by atoms with van der Waals surface area (Å²) in [6.07, 6.45) is 0. The van der Waals surface area contributed by atoms with Crippen molar-refractivity contribution in [3.05, 3.63) is 64.7 Å². The average molecular weight is 245 g/mol. The minimum Gasteiger partial charge on any atom is -0.322 e. The third-order valence-corrected chi connectivity index (χ3v) is 2.55. The Labute approximate surface area is 105 Å². The van der Waals surface area contributed by atoms with E-state index in [1.54, 1.807) is 18.2 Å². The summed E-state index contributed by atoms with van der Waals surface area (Å²) in [5.41, 5.74) is 2.34. The van der Waals surface area contributed by atoms with E-state index >= 15 is 0 Å². The predicted molar refractivity (Wildman–Crippen MR) is 69.4 cm³/mol. The molecular weight excluding hydrogens is 234 g/mol. The van der Waals surface area contributed by atoms with E-state index in [4.69, 9.17) is 11.6 Å². The van der Waals surface area contributed by atoms with Crippen LogP contribution in [0.15, 0.2) is 42.5 Å². The average Bonchev–Trinajstić information content (AvgIpc) is 2.32. The zero-order valence-electron chi connectivity index (χ0n) is 9.33. The number of amides is 1. The standard InChI is InChI=1S/C14H11ClNO/c1-10-5-7-13(8-6-10)16-14(17)11-3-2-4-12(15)9-11/h2,4-9H,1H3,(H,16,17). The van der Waals surface area contributed by atoms with Gasteiger partial charge in [0.25, 0.3) is 5.91 Å². The fraction of sp³-hybridized carbons (Fsp3) is 0.0714. The molecule has 1 amide bonds. The first kappa shape index (κ1) is 11.7. The minimum absolute atomic E-state index is 0.212. The second-order valence-electron chi connectivity index (χ2n) is 3.74. The fourth-order valence-electron chi connectivity index (χ4n) is 1.41. The fourth-order valence-corrected chi connectivity index (χ4v) is 1.58. The molecule has 0 aliphatic rings. The molecule has 2 rings (SSSR count). The molecule has 0 aliphatic carbocycles. The molecule has 2 aromatic rings. The van der Waals surface area contributed by atoms with Crippen molar-refractivity contribution in [2.45, 2.75) is 6.92 Å². The molecule has 0 aliphatic heterocycles. The van der Waals surface area contributed by atoms with Crippen molar-refractivity contribution in [1.82, 2.24) is 0 Å². The Morgan fingerprint density at radius 3 is 2.59 bits per heavy atom. The van der Waals surface area contributed by atoms with Gasteiger partial charge in [0.05, 0.1) is 0 Å². The summed E-state index contributed by atoms with van der Waals surface area (Å²) in [5.74, 6) is -0.212. The molecular formula is C14H11ClNO. The Morgan fingerprint density at radius 2 is 1.94 bits per heavy atom. The van der Waals surface area contributed by atoms with Gasteiger partial charge in [-0.05, 0) is 37.3 Å². The number of benzene rings is 2. The molecule has 0 aromatic heterocycles. The summed E-state index contributed by atoms with van der Waals surface area (Å²) in [4.78, 5) is 11.9. The molecule has 0 unspecified atom stereocenters. The van der Waals surface area contributed by atoms with Crippen molar-refractivity contribution >= 4 is 23.2 Å². The van der Waals surface area contributed by atoms with Crippen molar-refractivity contribution in [3.63, 3.8) is 0 Å². The maximum atomic E-state index is 11.9. The number of halogens is 1. The van der Waals surface area contributed by atoms with Crippen LogP contribution in [0.4, 0.5) is 5.69 Å². The van der Waals surface area contributed by atoms with Gasteiger partial charge >= 0.3 is 0 Å². The van der Waals surface area contributed by atoms with Crippen LogP contribution in [-0.2, 0) is 0 Å². The van der Waals surface area contributed by atoms with E-state index in [1.165, 1.54) is 0 Å². The largest absolute Gasteiger partial charge is 0.322 e. The maximum absolute atomic E-state index is 11.9. The third kappa shape index (κ3) is 3.08. The van der Waals surface area contributed by atoms with E-state index in [-0.39, 0.29) is 5.91 Å². The van der Waals surface area contributed by atoms with Crippen molar-refractivity contribution in [2.75, 3.05) is 5.32 Å². The number of aryl methyl sites for hydroxylation is 1. The maximum Gasteiger partial charge on any atom is 0.256 e. The summed E-state index contributed by atoms with van der Waals surface area (Å²) < 4.78 is 0. The molecule has 0 saturated heterocycles. The van der Waals surface area contributed by atoms with Crippen LogP contribution in [0.2, 0.25) is 5.02 Å². The molecule has 2 nitrogen and oxygen atoms in total. The lowest BCUT2D eigenvalue weighted by atomic mass is 10.2.